The van der Waals surface area contributed by atoms with E-state index in [9.17, 15) is 0 Å². The first kappa shape index (κ1) is 19.4. The summed E-state index contributed by atoms with van der Waals surface area (Å²) < 4.78 is 2.28. The van der Waals surface area contributed by atoms with Crippen molar-refractivity contribution in [2.45, 2.75) is 95.7 Å². The highest BCUT2D eigenvalue weighted by molar-refractivity contribution is 5.84. The molecule has 2 heterocycles. The summed E-state index contributed by atoms with van der Waals surface area (Å²) in [5, 5.41) is 7.11. The lowest BCUT2D eigenvalue weighted by molar-refractivity contribution is 0.410. The smallest absolute Gasteiger partial charge is 0.227 e. The fraction of sp³-hybridized carbons (Fsp3) is 0.762. The highest BCUT2D eigenvalue weighted by Crippen LogP contribution is 2.33. The van der Waals surface area contributed by atoms with E-state index in [0.29, 0.717) is 18.1 Å². The fourth-order valence-corrected chi connectivity index (χ4v) is 4.58. The molecule has 154 valence electrons. The summed E-state index contributed by atoms with van der Waals surface area (Å²) in [4.78, 5) is 14.4. The highest BCUT2D eigenvalue weighted by Gasteiger charge is 2.23. The molecule has 0 aliphatic heterocycles. The number of hydrogen-bond acceptors (Lipinski definition) is 6. The molecule has 2 aliphatic carbocycles. The molecule has 0 bridgehead atoms. The standard InChI is InChI=1S/C21H35N7/c1-2-3-6-13-23-19-18-20(28(14-24-18)17-7-4-5-8-17)27-21(26-19)25-16-11-9-15(22)10-12-16/h14-17H,2-13,22H2,1H3,(H2,23,25,26,27). The van der Waals surface area contributed by atoms with Crippen LogP contribution < -0.4 is 16.4 Å². The summed E-state index contributed by atoms with van der Waals surface area (Å²) in [7, 11) is 0. The van der Waals surface area contributed by atoms with Gasteiger partial charge < -0.3 is 20.9 Å². The Morgan fingerprint density at radius 1 is 1.07 bits per heavy atom. The number of fused-ring (bicyclic) bond motifs is 1. The van der Waals surface area contributed by atoms with Crippen LogP contribution in [0, 0.1) is 0 Å². The minimum Gasteiger partial charge on any atom is -0.368 e. The monoisotopic (exact) mass is 385 g/mol. The van der Waals surface area contributed by atoms with Crippen LogP contribution in [0.2, 0.25) is 0 Å². The minimum absolute atomic E-state index is 0.348. The van der Waals surface area contributed by atoms with Gasteiger partial charge >= 0.3 is 0 Å². The average molecular weight is 386 g/mol. The Morgan fingerprint density at radius 2 is 1.86 bits per heavy atom. The largest absolute Gasteiger partial charge is 0.368 e. The number of anilines is 2. The molecule has 0 amide bonds. The Balaban J connectivity index is 1.59. The maximum absolute atomic E-state index is 6.06. The molecule has 0 atom stereocenters. The third-order valence-electron chi connectivity index (χ3n) is 6.32. The summed E-state index contributed by atoms with van der Waals surface area (Å²) in [5.74, 6) is 1.60. The topological polar surface area (TPSA) is 93.7 Å². The molecule has 2 fully saturated rings. The molecule has 0 spiro atoms. The molecule has 0 unspecified atom stereocenters. The molecule has 4 rings (SSSR count). The second-order valence-corrected chi connectivity index (χ2v) is 8.55. The number of nitrogens with two attached hydrogens (primary N) is 1. The van der Waals surface area contributed by atoms with Gasteiger partial charge in [-0.15, -0.1) is 0 Å². The molecule has 0 radical (unpaired) electrons. The second kappa shape index (κ2) is 9.07. The Bertz CT molecular complexity index is 757. The van der Waals surface area contributed by atoms with Crippen LogP contribution >= 0.6 is 0 Å². The van der Waals surface area contributed by atoms with Crippen molar-refractivity contribution in [2.75, 3.05) is 17.2 Å². The van der Waals surface area contributed by atoms with Gasteiger partial charge in [0.05, 0.1) is 6.33 Å². The number of nitrogens with zero attached hydrogens (tertiary/aromatic N) is 4. The predicted octanol–water partition coefficient (Wildman–Crippen LogP) is 4.23. The molecular formula is C21H35N7. The van der Waals surface area contributed by atoms with Crippen LogP contribution in [0.5, 0.6) is 0 Å². The van der Waals surface area contributed by atoms with Gasteiger partial charge in [0.15, 0.2) is 17.0 Å². The van der Waals surface area contributed by atoms with E-state index >= 15 is 0 Å². The molecule has 2 saturated carbocycles. The van der Waals surface area contributed by atoms with Gasteiger partial charge in [-0.3, -0.25) is 0 Å². The number of nitrogens with one attached hydrogen (secondary N) is 2. The molecule has 4 N–H and O–H groups in total. The summed E-state index contributed by atoms with van der Waals surface area (Å²) in [6.07, 6.45) is 14.9. The summed E-state index contributed by atoms with van der Waals surface area (Å²) in [5.41, 5.74) is 7.93. The van der Waals surface area contributed by atoms with E-state index in [-0.39, 0.29) is 0 Å². The number of rotatable bonds is 8. The first-order valence-electron chi connectivity index (χ1n) is 11.2. The number of aromatic nitrogens is 4. The lowest BCUT2D eigenvalue weighted by atomic mass is 9.92. The van der Waals surface area contributed by atoms with Gasteiger partial charge in [-0.25, -0.2) is 4.98 Å². The van der Waals surface area contributed by atoms with Gasteiger partial charge in [0.25, 0.3) is 0 Å². The maximum atomic E-state index is 6.06. The zero-order chi connectivity index (χ0) is 19.3. The van der Waals surface area contributed by atoms with Crippen molar-refractivity contribution in [1.29, 1.82) is 0 Å². The van der Waals surface area contributed by atoms with E-state index in [4.69, 9.17) is 20.7 Å². The Morgan fingerprint density at radius 3 is 2.61 bits per heavy atom. The van der Waals surface area contributed by atoms with Crippen LogP contribution in [0.1, 0.15) is 83.6 Å². The molecule has 2 aromatic heterocycles. The number of unbranched alkanes of at least 4 members (excludes halogenated alkanes) is 2. The van der Waals surface area contributed by atoms with Crippen molar-refractivity contribution in [3.63, 3.8) is 0 Å². The van der Waals surface area contributed by atoms with Gasteiger partial charge in [0.2, 0.25) is 5.95 Å². The first-order chi connectivity index (χ1) is 13.7. The Hall–Kier alpha value is -1.89. The summed E-state index contributed by atoms with van der Waals surface area (Å²) >= 11 is 0. The van der Waals surface area contributed by atoms with E-state index in [0.717, 1.165) is 61.6 Å². The zero-order valence-electron chi connectivity index (χ0n) is 17.2. The number of hydrogen-bond donors (Lipinski definition) is 3. The third-order valence-corrected chi connectivity index (χ3v) is 6.32. The molecule has 28 heavy (non-hydrogen) atoms. The van der Waals surface area contributed by atoms with Crippen LogP contribution in [0.3, 0.4) is 0 Å². The fourth-order valence-electron chi connectivity index (χ4n) is 4.58. The maximum Gasteiger partial charge on any atom is 0.227 e. The Labute approximate surface area is 167 Å². The van der Waals surface area contributed by atoms with Gasteiger partial charge in [0, 0.05) is 24.7 Å². The van der Waals surface area contributed by atoms with Crippen LogP contribution in [0.15, 0.2) is 6.33 Å². The molecular weight excluding hydrogens is 350 g/mol. The van der Waals surface area contributed by atoms with Gasteiger partial charge in [0.1, 0.15) is 0 Å². The lowest BCUT2D eigenvalue weighted by Crippen LogP contribution is -2.33. The van der Waals surface area contributed by atoms with Crippen LogP contribution in [0.4, 0.5) is 11.8 Å². The zero-order valence-corrected chi connectivity index (χ0v) is 17.2. The van der Waals surface area contributed by atoms with Gasteiger partial charge in [-0.2, -0.15) is 9.97 Å². The highest BCUT2D eigenvalue weighted by atomic mass is 15.2. The minimum atomic E-state index is 0.348. The van der Waals surface area contributed by atoms with Gasteiger partial charge in [-0.1, -0.05) is 32.6 Å². The molecule has 2 aromatic rings. The van der Waals surface area contributed by atoms with E-state index in [1.807, 2.05) is 6.33 Å². The van der Waals surface area contributed by atoms with Crippen molar-refractivity contribution in [3.05, 3.63) is 6.33 Å². The van der Waals surface area contributed by atoms with Crippen molar-refractivity contribution < 1.29 is 0 Å². The molecule has 0 saturated heterocycles. The molecule has 7 nitrogen and oxygen atoms in total. The SMILES string of the molecule is CCCCCNc1nc(NC2CCC(N)CC2)nc2c1ncn2C1CCCC1. The lowest BCUT2D eigenvalue weighted by Gasteiger charge is -2.27. The van der Waals surface area contributed by atoms with Crippen molar-refractivity contribution in [3.8, 4) is 0 Å². The van der Waals surface area contributed by atoms with E-state index in [2.05, 4.69) is 22.1 Å². The second-order valence-electron chi connectivity index (χ2n) is 8.55. The van der Waals surface area contributed by atoms with E-state index in [1.54, 1.807) is 0 Å². The molecule has 2 aliphatic rings. The Kier molecular flexibility index (Phi) is 6.29. The van der Waals surface area contributed by atoms with Crippen molar-refractivity contribution in [2.24, 2.45) is 5.73 Å². The van der Waals surface area contributed by atoms with E-state index < -0.39 is 0 Å². The summed E-state index contributed by atoms with van der Waals surface area (Å²) in [6, 6.07) is 1.28. The van der Waals surface area contributed by atoms with Crippen LogP contribution in [-0.2, 0) is 0 Å². The van der Waals surface area contributed by atoms with E-state index in [1.165, 1.54) is 38.5 Å². The first-order valence-corrected chi connectivity index (χ1v) is 11.2. The normalized spacial score (nSPS) is 23.4. The number of imidazole rings is 1. The van der Waals surface area contributed by atoms with Crippen molar-refractivity contribution in [1.82, 2.24) is 19.5 Å². The summed E-state index contributed by atoms with van der Waals surface area (Å²) in [6.45, 7) is 3.15. The van der Waals surface area contributed by atoms with Crippen LogP contribution in [0.25, 0.3) is 11.2 Å². The third kappa shape index (κ3) is 4.40. The average Bonchev–Trinajstić information content (AvgIpc) is 3.36. The quantitative estimate of drug-likeness (QED) is 0.589. The van der Waals surface area contributed by atoms with Crippen molar-refractivity contribution >= 4 is 22.9 Å². The molecule has 0 aromatic carbocycles. The van der Waals surface area contributed by atoms with Crippen LogP contribution in [-0.4, -0.2) is 38.1 Å². The predicted molar refractivity (Wildman–Crippen MR) is 115 cm³/mol. The molecule has 7 heteroatoms. The van der Waals surface area contributed by atoms with Gasteiger partial charge in [-0.05, 0) is 44.9 Å².